The van der Waals surface area contributed by atoms with Crippen LogP contribution in [0, 0.1) is 0 Å². The molecule has 0 aliphatic carbocycles. The molecule has 0 unspecified atom stereocenters. The lowest BCUT2D eigenvalue weighted by Gasteiger charge is -2.00. The summed E-state index contributed by atoms with van der Waals surface area (Å²) in [6, 6.07) is 7.07. The number of halogens is 1. The number of hydrogen-bond donors (Lipinski definition) is 3. The number of fused-ring (bicyclic) bond motifs is 3. The maximum Gasteiger partial charge on any atom is 0.252 e. The van der Waals surface area contributed by atoms with Gasteiger partial charge in [-0.3, -0.25) is 4.79 Å². The van der Waals surface area contributed by atoms with E-state index in [1.54, 1.807) is 18.2 Å². The summed E-state index contributed by atoms with van der Waals surface area (Å²) >= 11 is 5.92. The second-order valence-corrected chi connectivity index (χ2v) is 4.43. The van der Waals surface area contributed by atoms with Gasteiger partial charge in [-0.15, -0.1) is 0 Å². The molecule has 1 amide bonds. The molecule has 2 aromatic heterocycles. The number of rotatable bonds is 1. The van der Waals surface area contributed by atoms with Crippen LogP contribution < -0.4 is 11.5 Å². The first-order valence-electron chi connectivity index (χ1n) is 5.23. The number of amides is 1. The van der Waals surface area contributed by atoms with Crippen molar-refractivity contribution in [3.8, 4) is 0 Å². The molecule has 1 aromatic carbocycles. The van der Waals surface area contributed by atoms with Gasteiger partial charge < -0.3 is 16.5 Å². The van der Waals surface area contributed by atoms with Gasteiger partial charge in [0, 0.05) is 21.3 Å². The van der Waals surface area contributed by atoms with Gasteiger partial charge >= 0.3 is 0 Å². The van der Waals surface area contributed by atoms with E-state index in [9.17, 15) is 4.79 Å². The molecule has 0 radical (unpaired) electrons. The molecular weight excluding hydrogens is 252 g/mol. The minimum Gasteiger partial charge on any atom is -0.383 e. The van der Waals surface area contributed by atoms with Crippen LogP contribution in [-0.2, 0) is 0 Å². The normalized spacial score (nSPS) is 11.2. The van der Waals surface area contributed by atoms with Crippen LogP contribution in [0.1, 0.15) is 10.4 Å². The first kappa shape index (κ1) is 10.9. The third-order valence-electron chi connectivity index (χ3n) is 2.84. The van der Waals surface area contributed by atoms with Gasteiger partial charge in [0.15, 0.2) is 0 Å². The summed E-state index contributed by atoms with van der Waals surface area (Å²) in [6.07, 6.45) is 0. The summed E-state index contributed by atoms with van der Waals surface area (Å²) < 4.78 is 0. The van der Waals surface area contributed by atoms with Gasteiger partial charge in [0.2, 0.25) is 0 Å². The molecule has 0 atom stereocenters. The van der Waals surface area contributed by atoms with Gasteiger partial charge in [0.1, 0.15) is 11.5 Å². The van der Waals surface area contributed by atoms with E-state index in [1.165, 1.54) is 0 Å². The SMILES string of the molecule is NC(=O)c1cc2c(nc1N)[nH]c1cc(Cl)ccc12. The Morgan fingerprint density at radius 2 is 2.06 bits per heavy atom. The molecule has 3 aromatic rings. The fraction of sp³-hybridized carbons (Fsp3) is 0. The van der Waals surface area contributed by atoms with Crippen LogP contribution in [0.15, 0.2) is 24.3 Å². The van der Waals surface area contributed by atoms with Crippen LogP contribution in [0.3, 0.4) is 0 Å². The molecule has 0 aliphatic rings. The number of nitrogen functional groups attached to an aromatic ring is 1. The zero-order valence-corrected chi connectivity index (χ0v) is 9.95. The highest BCUT2D eigenvalue weighted by Gasteiger charge is 2.12. The maximum absolute atomic E-state index is 11.2. The number of primary amides is 1. The molecule has 0 saturated carbocycles. The number of anilines is 1. The molecule has 2 heterocycles. The molecule has 0 spiro atoms. The Balaban J connectivity index is 2.45. The van der Waals surface area contributed by atoms with Crippen LogP contribution in [-0.4, -0.2) is 15.9 Å². The molecular formula is C12H9ClN4O. The summed E-state index contributed by atoms with van der Waals surface area (Å²) in [6.45, 7) is 0. The van der Waals surface area contributed by atoms with Crippen molar-refractivity contribution in [2.45, 2.75) is 0 Å². The predicted molar refractivity (Wildman–Crippen MR) is 71.5 cm³/mol. The molecule has 18 heavy (non-hydrogen) atoms. The van der Waals surface area contributed by atoms with Crippen molar-refractivity contribution >= 4 is 45.3 Å². The highest BCUT2D eigenvalue weighted by atomic mass is 35.5. The van der Waals surface area contributed by atoms with E-state index in [1.807, 2.05) is 6.07 Å². The summed E-state index contributed by atoms with van der Waals surface area (Å²) in [7, 11) is 0. The number of nitrogens with one attached hydrogen (secondary N) is 1. The maximum atomic E-state index is 11.2. The van der Waals surface area contributed by atoms with Crippen LogP contribution in [0.25, 0.3) is 21.9 Å². The standard InChI is InChI=1S/C12H9ClN4O/c13-5-1-2-6-7-4-8(11(15)18)10(14)17-12(7)16-9(6)3-5/h1-4H,(H2,15,18)(H3,14,16,17). The highest BCUT2D eigenvalue weighted by molar-refractivity contribution is 6.31. The average Bonchev–Trinajstić information content (AvgIpc) is 2.63. The van der Waals surface area contributed by atoms with Crippen molar-refractivity contribution in [1.29, 1.82) is 0 Å². The number of aromatic nitrogens is 2. The third-order valence-corrected chi connectivity index (χ3v) is 3.08. The molecule has 5 N–H and O–H groups in total. The zero-order chi connectivity index (χ0) is 12.9. The topological polar surface area (TPSA) is 97.8 Å². The van der Waals surface area contributed by atoms with Crippen LogP contribution in [0.4, 0.5) is 5.82 Å². The van der Waals surface area contributed by atoms with Crippen LogP contribution in [0.2, 0.25) is 5.02 Å². The van der Waals surface area contributed by atoms with E-state index in [0.29, 0.717) is 10.7 Å². The number of nitrogens with two attached hydrogens (primary N) is 2. The van der Waals surface area contributed by atoms with E-state index in [4.69, 9.17) is 23.1 Å². The number of hydrogen-bond acceptors (Lipinski definition) is 3. The second-order valence-electron chi connectivity index (χ2n) is 4.00. The van der Waals surface area contributed by atoms with E-state index in [-0.39, 0.29) is 11.4 Å². The van der Waals surface area contributed by atoms with E-state index >= 15 is 0 Å². The molecule has 6 heteroatoms. The Morgan fingerprint density at radius 3 is 2.78 bits per heavy atom. The van der Waals surface area contributed by atoms with Crippen molar-refractivity contribution in [2.75, 3.05) is 5.73 Å². The van der Waals surface area contributed by atoms with Gasteiger partial charge in [-0.05, 0) is 18.2 Å². The van der Waals surface area contributed by atoms with Crippen molar-refractivity contribution in [1.82, 2.24) is 9.97 Å². The van der Waals surface area contributed by atoms with Crippen molar-refractivity contribution in [3.63, 3.8) is 0 Å². The smallest absolute Gasteiger partial charge is 0.252 e. The lowest BCUT2D eigenvalue weighted by atomic mass is 10.1. The van der Waals surface area contributed by atoms with E-state index in [0.717, 1.165) is 16.3 Å². The Labute approximate surface area is 107 Å². The molecule has 0 aliphatic heterocycles. The zero-order valence-electron chi connectivity index (χ0n) is 9.20. The molecule has 5 nitrogen and oxygen atoms in total. The fourth-order valence-corrected chi connectivity index (χ4v) is 2.18. The van der Waals surface area contributed by atoms with Crippen molar-refractivity contribution < 1.29 is 4.79 Å². The number of aromatic amines is 1. The fourth-order valence-electron chi connectivity index (χ4n) is 2.01. The number of pyridine rings is 1. The van der Waals surface area contributed by atoms with Crippen LogP contribution in [0.5, 0.6) is 0 Å². The summed E-state index contributed by atoms with van der Waals surface area (Å²) in [4.78, 5) is 18.5. The largest absolute Gasteiger partial charge is 0.383 e. The Morgan fingerprint density at radius 1 is 1.28 bits per heavy atom. The molecule has 90 valence electrons. The van der Waals surface area contributed by atoms with Gasteiger partial charge in [-0.2, -0.15) is 0 Å². The molecule has 3 rings (SSSR count). The Hall–Kier alpha value is -2.27. The second kappa shape index (κ2) is 3.61. The molecule has 0 bridgehead atoms. The summed E-state index contributed by atoms with van der Waals surface area (Å²) in [5, 5.41) is 2.34. The van der Waals surface area contributed by atoms with Crippen molar-refractivity contribution in [2.24, 2.45) is 5.73 Å². The number of carbonyl (C=O) groups is 1. The Kier molecular flexibility index (Phi) is 2.18. The number of benzene rings is 1. The quantitative estimate of drug-likeness (QED) is 0.624. The Bertz CT molecular complexity index is 793. The van der Waals surface area contributed by atoms with Crippen LogP contribution >= 0.6 is 11.6 Å². The number of carbonyl (C=O) groups excluding carboxylic acids is 1. The predicted octanol–water partition coefficient (Wildman–Crippen LogP) is 2.05. The lowest BCUT2D eigenvalue weighted by Crippen LogP contribution is -2.14. The summed E-state index contributed by atoms with van der Waals surface area (Å²) in [5.74, 6) is -0.474. The van der Waals surface area contributed by atoms with E-state index < -0.39 is 5.91 Å². The molecule has 0 saturated heterocycles. The summed E-state index contributed by atoms with van der Waals surface area (Å²) in [5.41, 5.74) is 12.6. The first-order chi connectivity index (χ1) is 8.56. The van der Waals surface area contributed by atoms with E-state index in [2.05, 4.69) is 9.97 Å². The van der Waals surface area contributed by atoms with Gasteiger partial charge in [0.25, 0.3) is 5.91 Å². The van der Waals surface area contributed by atoms with Gasteiger partial charge in [0.05, 0.1) is 5.56 Å². The van der Waals surface area contributed by atoms with Gasteiger partial charge in [-0.1, -0.05) is 17.7 Å². The lowest BCUT2D eigenvalue weighted by molar-refractivity contribution is 0.100. The average molecular weight is 261 g/mol. The minimum absolute atomic E-state index is 0.118. The highest BCUT2D eigenvalue weighted by Crippen LogP contribution is 2.28. The third kappa shape index (κ3) is 1.48. The number of nitrogens with zero attached hydrogens (tertiary/aromatic N) is 1. The monoisotopic (exact) mass is 260 g/mol. The minimum atomic E-state index is -0.592. The number of H-pyrrole nitrogens is 1. The molecule has 0 fully saturated rings. The first-order valence-corrected chi connectivity index (χ1v) is 5.61. The van der Waals surface area contributed by atoms with Gasteiger partial charge in [-0.25, -0.2) is 4.98 Å². The van der Waals surface area contributed by atoms with Crippen molar-refractivity contribution in [3.05, 3.63) is 34.9 Å².